The maximum Gasteiger partial charge on any atom is 0.170 e. The summed E-state index contributed by atoms with van der Waals surface area (Å²) in [6.45, 7) is 3.11. The Morgan fingerprint density at radius 2 is 2.46 bits per heavy atom. The van der Waals surface area contributed by atoms with Gasteiger partial charge in [-0.15, -0.1) is 0 Å². The molecule has 0 saturated carbocycles. The van der Waals surface area contributed by atoms with Gasteiger partial charge in [-0.05, 0) is 30.1 Å². The molecule has 0 aliphatic carbocycles. The van der Waals surface area contributed by atoms with Crippen molar-refractivity contribution in [2.24, 2.45) is 0 Å². The van der Waals surface area contributed by atoms with Gasteiger partial charge in [-0.1, -0.05) is 13.3 Å². The minimum atomic E-state index is 0.715. The average molecular weight is 214 g/mol. The van der Waals surface area contributed by atoms with Gasteiger partial charge in [0.1, 0.15) is 0 Å². The fourth-order valence-electron chi connectivity index (χ4n) is 0.890. The summed E-state index contributed by atoms with van der Waals surface area (Å²) in [5.74, 6) is 0. The highest BCUT2D eigenvalue weighted by molar-refractivity contribution is 7.80. The lowest BCUT2D eigenvalue weighted by Crippen LogP contribution is -2.28. The van der Waals surface area contributed by atoms with E-state index >= 15 is 0 Å². The Kier molecular flexibility index (Phi) is 4.78. The maximum absolute atomic E-state index is 5.10. The Bertz CT molecular complexity index is 244. The minimum absolute atomic E-state index is 0.715. The van der Waals surface area contributed by atoms with Crippen molar-refractivity contribution in [3.63, 3.8) is 0 Å². The molecular formula is C9H14N2S2. The third-order valence-corrected chi connectivity index (χ3v) is 2.52. The number of rotatable bonds is 4. The molecule has 72 valence electrons. The van der Waals surface area contributed by atoms with Gasteiger partial charge in [-0.2, -0.15) is 11.3 Å². The number of thiophene rings is 1. The van der Waals surface area contributed by atoms with E-state index in [1.54, 1.807) is 11.3 Å². The number of hydrogen-bond acceptors (Lipinski definition) is 2. The minimum Gasteiger partial charge on any atom is -0.362 e. The van der Waals surface area contributed by atoms with Gasteiger partial charge >= 0.3 is 0 Å². The Morgan fingerprint density at radius 3 is 3.08 bits per heavy atom. The van der Waals surface area contributed by atoms with Crippen LogP contribution in [0.5, 0.6) is 0 Å². The van der Waals surface area contributed by atoms with Crippen LogP contribution in [-0.4, -0.2) is 11.7 Å². The van der Waals surface area contributed by atoms with Crippen LogP contribution >= 0.6 is 23.6 Å². The first-order chi connectivity index (χ1) is 6.33. The Morgan fingerprint density at radius 1 is 1.62 bits per heavy atom. The Hall–Kier alpha value is -0.610. The van der Waals surface area contributed by atoms with E-state index in [1.165, 1.54) is 6.42 Å². The predicted octanol–water partition coefficient (Wildman–Crippen LogP) is 2.83. The number of anilines is 1. The summed E-state index contributed by atoms with van der Waals surface area (Å²) in [6.07, 6.45) is 2.35. The van der Waals surface area contributed by atoms with Crippen molar-refractivity contribution in [3.8, 4) is 0 Å². The molecule has 0 radical (unpaired) electrons. The largest absolute Gasteiger partial charge is 0.362 e. The zero-order valence-electron chi connectivity index (χ0n) is 7.67. The number of unbranched alkanes of at least 4 members (excludes halogenated alkanes) is 1. The lowest BCUT2D eigenvalue weighted by atomic mass is 10.3. The second-order valence-electron chi connectivity index (χ2n) is 2.75. The van der Waals surface area contributed by atoms with E-state index in [2.05, 4.69) is 17.6 Å². The van der Waals surface area contributed by atoms with Crippen LogP contribution < -0.4 is 10.6 Å². The monoisotopic (exact) mass is 214 g/mol. The molecule has 0 fully saturated rings. The molecule has 13 heavy (non-hydrogen) atoms. The molecule has 0 aromatic carbocycles. The zero-order chi connectivity index (χ0) is 9.52. The van der Waals surface area contributed by atoms with E-state index < -0.39 is 0 Å². The van der Waals surface area contributed by atoms with Gasteiger partial charge in [0.25, 0.3) is 0 Å². The van der Waals surface area contributed by atoms with Crippen LogP contribution in [0.3, 0.4) is 0 Å². The van der Waals surface area contributed by atoms with Crippen LogP contribution in [0.4, 0.5) is 5.69 Å². The summed E-state index contributed by atoms with van der Waals surface area (Å²) in [6, 6.07) is 2.01. The first-order valence-corrected chi connectivity index (χ1v) is 5.75. The van der Waals surface area contributed by atoms with E-state index in [9.17, 15) is 0 Å². The van der Waals surface area contributed by atoms with Gasteiger partial charge in [-0.25, -0.2) is 0 Å². The lowest BCUT2D eigenvalue weighted by molar-refractivity contribution is 0.758. The van der Waals surface area contributed by atoms with Crippen LogP contribution in [-0.2, 0) is 0 Å². The van der Waals surface area contributed by atoms with Crippen LogP contribution in [0, 0.1) is 0 Å². The normalized spacial score (nSPS) is 9.62. The molecule has 0 unspecified atom stereocenters. The molecule has 1 aromatic rings. The summed E-state index contributed by atoms with van der Waals surface area (Å²) in [4.78, 5) is 0. The SMILES string of the molecule is CCCCNC(=S)Nc1ccsc1. The van der Waals surface area contributed by atoms with Crippen molar-refractivity contribution >= 4 is 34.4 Å². The topological polar surface area (TPSA) is 24.1 Å². The quantitative estimate of drug-likeness (QED) is 0.595. The van der Waals surface area contributed by atoms with Gasteiger partial charge in [-0.3, -0.25) is 0 Å². The Labute approximate surface area is 88.4 Å². The molecule has 4 heteroatoms. The fourth-order valence-corrected chi connectivity index (χ4v) is 1.70. The molecule has 1 heterocycles. The molecule has 0 aliphatic rings. The maximum atomic E-state index is 5.10. The highest BCUT2D eigenvalue weighted by Gasteiger charge is 1.95. The number of hydrogen-bond donors (Lipinski definition) is 2. The molecule has 1 aromatic heterocycles. The lowest BCUT2D eigenvalue weighted by Gasteiger charge is -2.07. The highest BCUT2D eigenvalue weighted by atomic mass is 32.1. The summed E-state index contributed by atoms with van der Waals surface area (Å²) in [7, 11) is 0. The highest BCUT2D eigenvalue weighted by Crippen LogP contribution is 2.11. The van der Waals surface area contributed by atoms with Crippen molar-refractivity contribution in [3.05, 3.63) is 16.8 Å². The van der Waals surface area contributed by atoms with Crippen molar-refractivity contribution in [2.75, 3.05) is 11.9 Å². The predicted molar refractivity (Wildman–Crippen MR) is 63.5 cm³/mol. The van der Waals surface area contributed by atoms with E-state index in [4.69, 9.17) is 12.2 Å². The van der Waals surface area contributed by atoms with E-state index in [0.29, 0.717) is 5.11 Å². The van der Waals surface area contributed by atoms with E-state index in [-0.39, 0.29) is 0 Å². The zero-order valence-corrected chi connectivity index (χ0v) is 9.30. The van der Waals surface area contributed by atoms with Crippen molar-refractivity contribution in [1.29, 1.82) is 0 Å². The van der Waals surface area contributed by atoms with Crippen molar-refractivity contribution in [2.45, 2.75) is 19.8 Å². The molecule has 2 N–H and O–H groups in total. The first-order valence-electron chi connectivity index (χ1n) is 4.40. The van der Waals surface area contributed by atoms with E-state index in [1.807, 2.05) is 16.8 Å². The standard InChI is InChI=1S/C9H14N2S2/c1-2-3-5-10-9(12)11-8-4-6-13-7-8/h4,6-7H,2-3,5H2,1H3,(H2,10,11,12). The van der Waals surface area contributed by atoms with Gasteiger partial charge in [0.05, 0.1) is 5.69 Å². The van der Waals surface area contributed by atoms with Crippen LogP contribution in [0.1, 0.15) is 19.8 Å². The smallest absolute Gasteiger partial charge is 0.170 e. The van der Waals surface area contributed by atoms with Crippen LogP contribution in [0.25, 0.3) is 0 Å². The average Bonchev–Trinajstić information content (AvgIpc) is 2.57. The summed E-state index contributed by atoms with van der Waals surface area (Å²) in [5, 5.41) is 11.0. The third kappa shape index (κ3) is 4.24. The van der Waals surface area contributed by atoms with Crippen LogP contribution in [0.15, 0.2) is 16.8 Å². The molecular weight excluding hydrogens is 200 g/mol. The van der Waals surface area contributed by atoms with Gasteiger partial charge in [0, 0.05) is 11.9 Å². The number of thiocarbonyl (C=S) groups is 1. The molecule has 0 aliphatic heterocycles. The van der Waals surface area contributed by atoms with Crippen molar-refractivity contribution < 1.29 is 0 Å². The summed E-state index contributed by atoms with van der Waals surface area (Å²) >= 11 is 6.76. The van der Waals surface area contributed by atoms with Gasteiger partial charge in [0.15, 0.2) is 5.11 Å². The van der Waals surface area contributed by atoms with Crippen molar-refractivity contribution in [1.82, 2.24) is 5.32 Å². The second-order valence-corrected chi connectivity index (χ2v) is 3.93. The third-order valence-electron chi connectivity index (χ3n) is 1.59. The molecule has 2 nitrogen and oxygen atoms in total. The fraction of sp³-hybridized carbons (Fsp3) is 0.444. The van der Waals surface area contributed by atoms with Crippen LogP contribution in [0.2, 0.25) is 0 Å². The first kappa shape index (κ1) is 10.5. The molecule has 0 atom stereocenters. The molecule has 0 amide bonds. The molecule has 0 bridgehead atoms. The van der Waals surface area contributed by atoms with Gasteiger partial charge in [0.2, 0.25) is 0 Å². The number of nitrogens with one attached hydrogen (secondary N) is 2. The summed E-state index contributed by atoms with van der Waals surface area (Å²) in [5.41, 5.74) is 1.07. The molecule has 1 rings (SSSR count). The Balaban J connectivity index is 2.18. The second kappa shape index (κ2) is 5.94. The van der Waals surface area contributed by atoms with Gasteiger partial charge < -0.3 is 10.6 Å². The molecule has 0 spiro atoms. The molecule has 0 saturated heterocycles. The van der Waals surface area contributed by atoms with E-state index in [0.717, 1.165) is 18.7 Å². The summed E-state index contributed by atoms with van der Waals surface area (Å²) < 4.78 is 0.